The van der Waals surface area contributed by atoms with E-state index >= 15 is 0 Å². The number of hydrogen-bond donors (Lipinski definition) is 0. The molecule has 55 heavy (non-hydrogen) atoms. The van der Waals surface area contributed by atoms with Crippen LogP contribution in [0.2, 0.25) is 0 Å². The third kappa shape index (κ3) is 51.5. The van der Waals surface area contributed by atoms with Crippen molar-refractivity contribution < 1.29 is 9.53 Å². The first-order chi connectivity index (χ1) is 27.3. The zero-order valence-corrected chi connectivity index (χ0v) is 38.7. The van der Waals surface area contributed by atoms with E-state index in [0.29, 0.717) is 13.0 Å². The summed E-state index contributed by atoms with van der Waals surface area (Å²) in [4.78, 5) is 12.1. The number of ether oxygens (including phenoxy) is 1. The van der Waals surface area contributed by atoms with Gasteiger partial charge in [0.05, 0.1) is 6.61 Å². The summed E-state index contributed by atoms with van der Waals surface area (Å²) in [5.41, 5.74) is 0. The van der Waals surface area contributed by atoms with E-state index in [2.05, 4.69) is 13.8 Å². The SMILES string of the molecule is CCCCCCCCCCCCCCCCCCCCCCCCCCCCCCOC(=O)CCCCCCCCCCCCCCCCCCCCCC. The van der Waals surface area contributed by atoms with Gasteiger partial charge in [-0.25, -0.2) is 0 Å². The lowest BCUT2D eigenvalue weighted by atomic mass is 10.0. The summed E-state index contributed by atoms with van der Waals surface area (Å²) >= 11 is 0. The average Bonchev–Trinajstić information content (AvgIpc) is 3.19. The van der Waals surface area contributed by atoms with Gasteiger partial charge in [0, 0.05) is 6.42 Å². The molecule has 0 aliphatic rings. The number of carbonyl (C=O) groups excluding carboxylic acids is 1. The van der Waals surface area contributed by atoms with Crippen LogP contribution in [0.15, 0.2) is 0 Å². The van der Waals surface area contributed by atoms with E-state index in [4.69, 9.17) is 4.74 Å². The van der Waals surface area contributed by atoms with E-state index in [1.54, 1.807) is 0 Å². The number of esters is 1. The zero-order chi connectivity index (χ0) is 39.6. The van der Waals surface area contributed by atoms with Crippen LogP contribution in [0.4, 0.5) is 0 Å². The average molecular weight is 775 g/mol. The van der Waals surface area contributed by atoms with Crippen LogP contribution in [0, 0.1) is 0 Å². The van der Waals surface area contributed by atoms with Crippen molar-refractivity contribution in [3.05, 3.63) is 0 Å². The molecule has 0 aliphatic carbocycles. The van der Waals surface area contributed by atoms with Gasteiger partial charge in [-0.1, -0.05) is 309 Å². The van der Waals surface area contributed by atoms with Gasteiger partial charge in [-0.15, -0.1) is 0 Å². The highest BCUT2D eigenvalue weighted by Gasteiger charge is 2.03. The molecule has 0 radical (unpaired) electrons. The van der Waals surface area contributed by atoms with Crippen molar-refractivity contribution in [3.8, 4) is 0 Å². The summed E-state index contributed by atoms with van der Waals surface area (Å²) in [6, 6.07) is 0. The van der Waals surface area contributed by atoms with Crippen molar-refractivity contribution in [2.75, 3.05) is 6.61 Å². The van der Waals surface area contributed by atoms with Crippen molar-refractivity contribution in [1.29, 1.82) is 0 Å². The van der Waals surface area contributed by atoms with Gasteiger partial charge >= 0.3 is 5.97 Å². The predicted octanol–water partition coefficient (Wildman–Crippen LogP) is 19.7. The highest BCUT2D eigenvalue weighted by molar-refractivity contribution is 5.69. The Bertz CT molecular complexity index is 673. The van der Waals surface area contributed by atoms with Crippen LogP contribution >= 0.6 is 0 Å². The number of unbranched alkanes of at least 4 members (excludes halogenated alkanes) is 46. The Morgan fingerprint density at radius 2 is 0.400 bits per heavy atom. The standard InChI is InChI=1S/C53H106O2/c1-3-5-7-9-11-13-15-17-19-21-23-25-26-27-28-29-30-31-32-34-36-38-40-42-44-46-48-50-52-55-53(54)51-49-47-45-43-41-39-37-35-33-24-22-20-18-16-14-12-10-8-6-4-2/h3-52H2,1-2H3. The molecule has 0 aromatic carbocycles. The van der Waals surface area contributed by atoms with Crippen LogP contribution in [0.25, 0.3) is 0 Å². The fourth-order valence-corrected chi connectivity index (χ4v) is 8.55. The molecule has 0 rings (SSSR count). The van der Waals surface area contributed by atoms with E-state index in [1.807, 2.05) is 0 Å². The van der Waals surface area contributed by atoms with Gasteiger partial charge in [0.2, 0.25) is 0 Å². The summed E-state index contributed by atoms with van der Waals surface area (Å²) in [6.07, 6.45) is 68.3. The van der Waals surface area contributed by atoms with Crippen LogP contribution < -0.4 is 0 Å². The van der Waals surface area contributed by atoms with Gasteiger partial charge in [0.1, 0.15) is 0 Å². The first-order valence-corrected chi connectivity index (χ1v) is 26.5. The summed E-state index contributed by atoms with van der Waals surface area (Å²) in [5, 5.41) is 0. The molecule has 2 nitrogen and oxygen atoms in total. The Balaban J connectivity index is 3.14. The second-order valence-electron chi connectivity index (χ2n) is 18.2. The minimum Gasteiger partial charge on any atom is -0.466 e. The van der Waals surface area contributed by atoms with Gasteiger partial charge in [0.25, 0.3) is 0 Å². The summed E-state index contributed by atoms with van der Waals surface area (Å²) in [5.74, 6) is 0.0347. The third-order valence-corrected chi connectivity index (χ3v) is 12.5. The molecular weight excluding hydrogens is 669 g/mol. The molecule has 0 N–H and O–H groups in total. The van der Waals surface area contributed by atoms with Crippen molar-refractivity contribution in [3.63, 3.8) is 0 Å². The molecular formula is C53H106O2. The van der Waals surface area contributed by atoms with Crippen LogP contribution in [0.1, 0.15) is 328 Å². The maximum Gasteiger partial charge on any atom is 0.305 e. The first kappa shape index (κ1) is 54.5. The molecule has 0 saturated carbocycles. The van der Waals surface area contributed by atoms with Crippen LogP contribution in [-0.2, 0) is 9.53 Å². The number of rotatable bonds is 50. The lowest BCUT2D eigenvalue weighted by molar-refractivity contribution is -0.143. The Kier molecular flexibility index (Phi) is 51.0. The highest BCUT2D eigenvalue weighted by atomic mass is 16.5. The highest BCUT2D eigenvalue weighted by Crippen LogP contribution is 2.18. The topological polar surface area (TPSA) is 26.3 Å². The van der Waals surface area contributed by atoms with Crippen LogP contribution in [0.3, 0.4) is 0 Å². The maximum absolute atomic E-state index is 12.1. The van der Waals surface area contributed by atoms with Crippen LogP contribution in [-0.4, -0.2) is 12.6 Å². The van der Waals surface area contributed by atoms with E-state index in [9.17, 15) is 4.79 Å². The molecule has 2 heteroatoms. The summed E-state index contributed by atoms with van der Waals surface area (Å²) < 4.78 is 5.50. The monoisotopic (exact) mass is 775 g/mol. The van der Waals surface area contributed by atoms with Gasteiger partial charge < -0.3 is 4.74 Å². The normalized spacial score (nSPS) is 11.5. The second kappa shape index (κ2) is 51.5. The fourth-order valence-electron chi connectivity index (χ4n) is 8.55. The Morgan fingerprint density at radius 3 is 0.600 bits per heavy atom. The predicted molar refractivity (Wildman–Crippen MR) is 249 cm³/mol. The number of hydrogen-bond acceptors (Lipinski definition) is 2. The molecule has 0 saturated heterocycles. The molecule has 0 spiro atoms. The summed E-state index contributed by atoms with van der Waals surface area (Å²) in [7, 11) is 0. The second-order valence-corrected chi connectivity index (χ2v) is 18.2. The number of carbonyl (C=O) groups is 1. The van der Waals surface area contributed by atoms with Gasteiger partial charge in [-0.3, -0.25) is 4.79 Å². The van der Waals surface area contributed by atoms with Gasteiger partial charge in [-0.2, -0.15) is 0 Å². The van der Waals surface area contributed by atoms with Gasteiger partial charge in [-0.05, 0) is 12.8 Å². The quantitative estimate of drug-likeness (QED) is 0.0454. The minimum atomic E-state index is 0.0347. The molecule has 0 aliphatic heterocycles. The zero-order valence-electron chi connectivity index (χ0n) is 38.7. The van der Waals surface area contributed by atoms with Crippen molar-refractivity contribution in [2.24, 2.45) is 0 Å². The Morgan fingerprint density at radius 1 is 0.236 bits per heavy atom. The van der Waals surface area contributed by atoms with E-state index in [-0.39, 0.29) is 5.97 Å². The third-order valence-electron chi connectivity index (χ3n) is 12.5. The Hall–Kier alpha value is -0.530. The molecule has 0 atom stereocenters. The maximum atomic E-state index is 12.1. The summed E-state index contributed by atoms with van der Waals surface area (Å²) in [6.45, 7) is 5.24. The fraction of sp³-hybridized carbons (Fsp3) is 0.981. The van der Waals surface area contributed by atoms with Crippen molar-refractivity contribution in [1.82, 2.24) is 0 Å². The molecule has 330 valence electrons. The van der Waals surface area contributed by atoms with Gasteiger partial charge in [0.15, 0.2) is 0 Å². The molecule has 0 heterocycles. The van der Waals surface area contributed by atoms with Crippen molar-refractivity contribution in [2.45, 2.75) is 328 Å². The van der Waals surface area contributed by atoms with E-state index < -0.39 is 0 Å². The Labute approximate surface area is 349 Å². The largest absolute Gasteiger partial charge is 0.466 e. The molecule has 0 aromatic heterocycles. The molecule has 0 unspecified atom stereocenters. The first-order valence-electron chi connectivity index (χ1n) is 26.5. The van der Waals surface area contributed by atoms with Crippen LogP contribution in [0.5, 0.6) is 0 Å². The lowest BCUT2D eigenvalue weighted by Crippen LogP contribution is -2.05. The molecule has 0 aromatic rings. The molecule has 0 bridgehead atoms. The van der Waals surface area contributed by atoms with E-state index in [1.165, 1.54) is 295 Å². The molecule has 0 fully saturated rings. The van der Waals surface area contributed by atoms with Crippen molar-refractivity contribution >= 4 is 5.97 Å². The smallest absolute Gasteiger partial charge is 0.305 e. The minimum absolute atomic E-state index is 0.0347. The lowest BCUT2D eigenvalue weighted by Gasteiger charge is -2.06. The van der Waals surface area contributed by atoms with E-state index in [0.717, 1.165) is 12.8 Å². The molecule has 0 amide bonds.